The number of fused-ring (bicyclic) bond motifs is 1. The van der Waals surface area contributed by atoms with E-state index in [1.165, 1.54) is 6.07 Å². The molecule has 1 fully saturated rings. The maximum atomic E-state index is 12.9. The van der Waals surface area contributed by atoms with Crippen LogP contribution >= 0.6 is 34.8 Å². The van der Waals surface area contributed by atoms with Gasteiger partial charge in [-0.15, -0.1) is 11.3 Å². The highest BCUT2D eigenvalue weighted by molar-refractivity contribution is 7.66. The van der Waals surface area contributed by atoms with Crippen molar-refractivity contribution in [3.8, 4) is 0 Å². The van der Waals surface area contributed by atoms with Crippen LogP contribution < -0.4 is 0 Å². The summed E-state index contributed by atoms with van der Waals surface area (Å²) in [6, 6.07) is 2.84. The van der Waals surface area contributed by atoms with E-state index in [0.717, 1.165) is 23.5 Å². The summed E-state index contributed by atoms with van der Waals surface area (Å²) in [5, 5.41) is 20.3. The fourth-order valence-electron chi connectivity index (χ4n) is 2.89. The molecule has 1 aliphatic heterocycles. The van der Waals surface area contributed by atoms with E-state index in [2.05, 4.69) is 18.1 Å². The molecule has 0 amide bonds. The summed E-state index contributed by atoms with van der Waals surface area (Å²) in [5.41, 5.74) is -0.946. The number of aromatic nitrogens is 1. The van der Waals surface area contributed by atoms with E-state index in [0.29, 0.717) is 4.70 Å². The molecule has 21 heteroatoms. The van der Waals surface area contributed by atoms with Gasteiger partial charge in [0.15, 0.2) is 0 Å². The lowest BCUT2D eigenvalue weighted by atomic mass is 10.2. The molecule has 3 rings (SSSR count). The Labute approximate surface area is 191 Å². The van der Waals surface area contributed by atoms with Gasteiger partial charge in [0.05, 0.1) is 15.8 Å². The Morgan fingerprint density at radius 3 is 2.15 bits per heavy atom. The summed E-state index contributed by atoms with van der Waals surface area (Å²) >= 11 is 0.938. The highest BCUT2D eigenvalue weighted by Gasteiger charge is 2.53. The van der Waals surface area contributed by atoms with Crippen molar-refractivity contribution in [2.75, 3.05) is 0 Å². The first-order valence-electron chi connectivity index (χ1n) is 8.69. The molecule has 1 aliphatic rings. The van der Waals surface area contributed by atoms with Crippen molar-refractivity contribution in [1.82, 2.24) is 4.98 Å². The molecule has 0 radical (unpaired) electrons. The van der Waals surface area contributed by atoms with Crippen molar-refractivity contribution in [2.45, 2.75) is 37.2 Å². The van der Waals surface area contributed by atoms with E-state index in [1.807, 2.05) is 0 Å². The molecule has 6 N–H and O–H groups in total. The number of rotatable bonds is 8. The van der Waals surface area contributed by atoms with Crippen LogP contribution in [-0.4, -0.2) is 46.8 Å². The second-order valence-electron chi connectivity index (χ2n) is 6.76. The molecule has 1 aromatic heterocycles. The zero-order valence-electron chi connectivity index (χ0n) is 16.2. The fourth-order valence-corrected chi connectivity index (χ4v) is 7.09. The summed E-state index contributed by atoms with van der Waals surface area (Å²) < 4.78 is 89.9. The second kappa shape index (κ2) is 9.25. The van der Waals surface area contributed by atoms with Gasteiger partial charge in [-0.05, 0) is 31.0 Å². The third kappa shape index (κ3) is 7.12. The van der Waals surface area contributed by atoms with Gasteiger partial charge in [0.2, 0.25) is 0 Å². The van der Waals surface area contributed by atoms with E-state index >= 15 is 0 Å². The van der Waals surface area contributed by atoms with Crippen LogP contribution in [0.25, 0.3) is 10.2 Å². The Morgan fingerprint density at radius 2 is 1.62 bits per heavy atom. The van der Waals surface area contributed by atoms with E-state index in [9.17, 15) is 37.1 Å². The van der Waals surface area contributed by atoms with Crippen LogP contribution in [0.4, 0.5) is 13.2 Å². The topological polar surface area (TPSA) is 222 Å². The first-order chi connectivity index (χ1) is 15.3. The smallest absolute Gasteiger partial charge is 0.359 e. The molecule has 0 saturated carbocycles. The SMILES string of the molecule is O=P(O)(O)OP(=O)(OC(O)(O)C1CCC(c2nc3cc(C(F)(F)F)ccc3s2)O1)OP(=O)(O)O. The minimum atomic E-state index is -6.00. The van der Waals surface area contributed by atoms with Crippen molar-refractivity contribution >= 4 is 45.0 Å². The first-order valence-corrected chi connectivity index (χ1v) is 14.0. The normalized spacial score (nSPS) is 20.9. The van der Waals surface area contributed by atoms with Gasteiger partial charge in [-0.25, -0.2) is 23.2 Å². The van der Waals surface area contributed by atoms with Gasteiger partial charge in [0.25, 0.3) is 0 Å². The monoisotopic (exact) mass is 575 g/mol. The van der Waals surface area contributed by atoms with Gasteiger partial charge in [0.1, 0.15) is 17.2 Å². The molecule has 1 saturated heterocycles. The first kappa shape index (κ1) is 27.8. The van der Waals surface area contributed by atoms with Gasteiger partial charge in [-0.1, -0.05) is 0 Å². The number of aliphatic hydroxyl groups is 2. The number of benzene rings is 1. The molecule has 2 aromatic rings. The lowest BCUT2D eigenvalue weighted by molar-refractivity contribution is -0.345. The number of alkyl halides is 3. The Morgan fingerprint density at radius 1 is 1.03 bits per heavy atom. The van der Waals surface area contributed by atoms with Crippen molar-refractivity contribution in [2.24, 2.45) is 0 Å². The van der Waals surface area contributed by atoms with E-state index in [1.54, 1.807) is 0 Å². The minimum absolute atomic E-state index is 0.00743. The molecule has 14 nitrogen and oxygen atoms in total. The van der Waals surface area contributed by atoms with Crippen LogP contribution in [0.2, 0.25) is 0 Å². The Hall–Kier alpha value is -0.810. The summed E-state index contributed by atoms with van der Waals surface area (Å²) in [6.45, 7) is 0. The average Bonchev–Trinajstić information content (AvgIpc) is 3.23. The van der Waals surface area contributed by atoms with Gasteiger partial charge in [-0.3, -0.25) is 0 Å². The van der Waals surface area contributed by atoms with Gasteiger partial charge in [-0.2, -0.15) is 21.8 Å². The zero-order valence-corrected chi connectivity index (χ0v) is 19.7. The van der Waals surface area contributed by atoms with Crippen LogP contribution in [0.1, 0.15) is 29.5 Å². The highest BCUT2D eigenvalue weighted by atomic mass is 32.1. The molecule has 0 spiro atoms. The lowest BCUT2D eigenvalue weighted by Crippen LogP contribution is -2.44. The highest BCUT2D eigenvalue weighted by Crippen LogP contribution is 2.69. The van der Waals surface area contributed by atoms with Crippen molar-refractivity contribution < 1.29 is 74.5 Å². The molecular weight excluding hydrogens is 560 g/mol. The zero-order chi connectivity index (χ0) is 25.7. The van der Waals surface area contributed by atoms with Crippen LogP contribution in [0, 0.1) is 0 Å². The van der Waals surface area contributed by atoms with Crippen LogP contribution in [0.5, 0.6) is 0 Å². The maximum Gasteiger partial charge on any atom is 0.497 e. The predicted octanol–water partition coefficient (Wildman–Crippen LogP) is 2.52. The number of halogens is 3. The molecule has 0 aliphatic carbocycles. The lowest BCUT2D eigenvalue weighted by Gasteiger charge is -2.30. The third-order valence-electron chi connectivity index (χ3n) is 4.10. The van der Waals surface area contributed by atoms with Crippen molar-refractivity contribution in [3.63, 3.8) is 0 Å². The van der Waals surface area contributed by atoms with E-state index in [4.69, 9.17) is 24.3 Å². The number of thiazole rings is 1. The molecule has 192 valence electrons. The van der Waals surface area contributed by atoms with E-state index in [-0.39, 0.29) is 23.4 Å². The van der Waals surface area contributed by atoms with Gasteiger partial charge < -0.3 is 34.5 Å². The third-order valence-corrected chi connectivity index (χ3v) is 9.03. The predicted molar refractivity (Wildman–Crippen MR) is 104 cm³/mol. The van der Waals surface area contributed by atoms with Gasteiger partial charge in [0, 0.05) is 0 Å². The molecule has 2 atom stereocenters. The molecule has 2 heterocycles. The second-order valence-corrected chi connectivity index (χ2v) is 12.2. The minimum Gasteiger partial charge on any atom is -0.359 e. The molecule has 0 bridgehead atoms. The molecule has 34 heavy (non-hydrogen) atoms. The maximum absolute atomic E-state index is 12.9. The van der Waals surface area contributed by atoms with Crippen LogP contribution in [0.15, 0.2) is 18.2 Å². The summed E-state index contributed by atoms with van der Waals surface area (Å²) in [4.78, 5) is 39.1. The molecule has 1 aromatic carbocycles. The summed E-state index contributed by atoms with van der Waals surface area (Å²) in [5.74, 6) is -3.71. The molecule has 2 unspecified atom stereocenters. The largest absolute Gasteiger partial charge is 0.497 e. The number of hydrogen-bond acceptors (Lipinski definition) is 11. The van der Waals surface area contributed by atoms with Crippen LogP contribution in [-0.2, 0) is 37.8 Å². The molecular formula is C13H15F3NO13P3S. The number of ether oxygens (including phenoxy) is 1. The standard InChI is InChI=1S/C13H15F3NO13P3S/c14-12(15,16)6-1-3-9-7(5-6)17-11(34-9)8-2-4-10(27-8)13(18,19)28-33(26,29-31(20,21)22)30-32(23,24)25/h1,3,5,8,10,18-19H,2,4H2,(H2,20,21,22)(H2,23,24,25). The Bertz CT molecular complexity index is 1180. The number of hydrogen-bond donors (Lipinski definition) is 6. The van der Waals surface area contributed by atoms with E-state index < -0.39 is 53.4 Å². The number of nitrogens with zero attached hydrogens (tertiary/aromatic N) is 1. The number of phosphoric acid groups is 3. The quantitative estimate of drug-likeness (QED) is 0.197. The Kier molecular flexibility index (Phi) is 7.55. The average molecular weight is 575 g/mol. The summed E-state index contributed by atoms with van der Waals surface area (Å²) in [7, 11) is -17.6. The van der Waals surface area contributed by atoms with Crippen molar-refractivity contribution in [3.05, 3.63) is 28.8 Å². The van der Waals surface area contributed by atoms with Crippen molar-refractivity contribution in [1.29, 1.82) is 0 Å². The fraction of sp³-hybridized carbons (Fsp3) is 0.462. The Balaban J connectivity index is 1.79. The van der Waals surface area contributed by atoms with Crippen LogP contribution in [0.3, 0.4) is 0 Å². The summed E-state index contributed by atoms with van der Waals surface area (Å²) in [6.07, 6.45) is -7.79. The van der Waals surface area contributed by atoms with Gasteiger partial charge >= 0.3 is 35.6 Å².